The number of aliphatic hydroxyl groups is 1. The lowest BCUT2D eigenvalue weighted by Gasteiger charge is -2.29. The summed E-state index contributed by atoms with van der Waals surface area (Å²) in [5, 5.41) is 15.2. The molecule has 2 N–H and O–H groups in total. The van der Waals surface area contributed by atoms with Crippen LogP contribution in [-0.2, 0) is 34.2 Å². The first-order valence-electron chi connectivity index (χ1n) is 16.9. The summed E-state index contributed by atoms with van der Waals surface area (Å²) in [6.45, 7) is 12.4. The number of sulfonamides is 1. The summed E-state index contributed by atoms with van der Waals surface area (Å²) >= 11 is 0. The molecule has 1 aliphatic heterocycles. The van der Waals surface area contributed by atoms with Crippen molar-refractivity contribution in [2.24, 2.45) is 11.8 Å². The Kier molecular flexibility index (Phi) is 11.5. The molecular weight excluding hydrogens is 598 g/mol. The van der Waals surface area contributed by atoms with Crippen LogP contribution in [0.3, 0.4) is 0 Å². The van der Waals surface area contributed by atoms with Gasteiger partial charge in [0, 0.05) is 43.6 Å². The molecule has 0 unspecified atom stereocenters. The second-order valence-corrected chi connectivity index (χ2v) is 16.7. The maximum atomic E-state index is 14.1. The second kappa shape index (κ2) is 14.8. The predicted octanol–water partition coefficient (Wildman–Crippen LogP) is 6.32. The van der Waals surface area contributed by atoms with E-state index in [-0.39, 0.29) is 23.9 Å². The number of anilines is 1. The van der Waals surface area contributed by atoms with Crippen molar-refractivity contribution in [2.45, 2.75) is 110 Å². The Labute approximate surface area is 275 Å². The average Bonchev–Trinajstić information content (AvgIpc) is 3.33. The highest BCUT2D eigenvalue weighted by Crippen LogP contribution is 2.40. The van der Waals surface area contributed by atoms with Gasteiger partial charge in [-0.25, -0.2) is 8.42 Å². The van der Waals surface area contributed by atoms with E-state index >= 15 is 0 Å². The summed E-state index contributed by atoms with van der Waals surface area (Å²) in [5.74, 6) is 0.147. The van der Waals surface area contributed by atoms with Crippen molar-refractivity contribution >= 4 is 38.2 Å². The average molecular weight is 652 g/mol. The number of carbonyl (C=O) groups excluding carboxylic acids is 2. The number of Topliss-reactive ketones (excluding diaryl/α,β-unsaturated/α-hetero) is 2. The Morgan fingerprint density at radius 2 is 1.76 bits per heavy atom. The maximum Gasteiger partial charge on any atom is 0.241 e. The molecule has 252 valence electrons. The summed E-state index contributed by atoms with van der Waals surface area (Å²) in [6.07, 6.45) is 5.24. The Morgan fingerprint density at radius 1 is 1.07 bits per heavy atom. The first-order valence-corrected chi connectivity index (χ1v) is 18.3. The Bertz CT molecular complexity index is 1630. The molecular formula is C37H53N3O5S. The van der Waals surface area contributed by atoms with Gasteiger partial charge in [-0.05, 0) is 81.2 Å². The number of aliphatic hydroxyl groups excluding tert-OH is 1. The lowest BCUT2D eigenvalue weighted by atomic mass is 9.90. The summed E-state index contributed by atoms with van der Waals surface area (Å²) < 4.78 is 29.6. The van der Waals surface area contributed by atoms with Crippen LogP contribution >= 0.6 is 0 Å². The summed E-state index contributed by atoms with van der Waals surface area (Å²) in [5.41, 5.74) is 3.98. The van der Waals surface area contributed by atoms with Gasteiger partial charge in [0.1, 0.15) is 4.75 Å². The molecule has 9 heteroatoms. The normalized spacial score (nSPS) is 17.5. The van der Waals surface area contributed by atoms with E-state index in [1.165, 1.54) is 4.31 Å². The SMILES string of the molecule is CCC[C@H](O)[C@H](NC[C@@H](CC(=O)c1cc2c3c(c1)c(CC)cn3CC(C)(C)S(=O)(=O)N2C)Cc1ccccc1)C(=O)CCC(C)C. The molecule has 0 spiro atoms. The number of nitrogens with zero attached hydrogens (tertiary/aromatic N) is 2. The van der Waals surface area contributed by atoms with Gasteiger partial charge in [0.2, 0.25) is 10.0 Å². The summed E-state index contributed by atoms with van der Waals surface area (Å²) in [4.78, 5) is 27.4. The zero-order chi connectivity index (χ0) is 33.8. The standard InChI is InChI=1S/C37H53N3O5S/c1-8-13-32(41)35(33(42)17-16-25(3)4)38-22-27(18-26-14-11-10-12-15-26)19-34(43)29-20-30-28(9-2)23-40-24-37(5,6)46(44,45)39(7)31(21-29)36(30)40/h10-12,14-15,20-21,23,25,27,32,35,38,41H,8-9,13,16-19,22,24H2,1-7H3/t27-,32+,35+/m1/s1. The van der Waals surface area contributed by atoms with Crippen LogP contribution in [-0.4, -0.2) is 60.1 Å². The fraction of sp³-hybridized carbons (Fsp3) is 0.568. The van der Waals surface area contributed by atoms with E-state index in [1.807, 2.05) is 54.1 Å². The highest BCUT2D eigenvalue weighted by Gasteiger charge is 2.42. The first-order chi connectivity index (χ1) is 21.7. The Balaban J connectivity index is 1.67. The number of hydrogen-bond acceptors (Lipinski definition) is 6. The molecule has 0 fully saturated rings. The lowest BCUT2D eigenvalue weighted by Crippen LogP contribution is -2.48. The molecule has 3 aromatic rings. The van der Waals surface area contributed by atoms with Crippen LogP contribution < -0.4 is 9.62 Å². The zero-order valence-corrected chi connectivity index (χ0v) is 29.5. The monoisotopic (exact) mass is 651 g/mol. The molecule has 1 aliphatic rings. The minimum absolute atomic E-state index is 0.00355. The van der Waals surface area contributed by atoms with Gasteiger partial charge >= 0.3 is 0 Å². The summed E-state index contributed by atoms with van der Waals surface area (Å²) in [7, 11) is -2.12. The van der Waals surface area contributed by atoms with Gasteiger partial charge in [0.15, 0.2) is 11.6 Å². The van der Waals surface area contributed by atoms with Crippen LogP contribution in [0.15, 0.2) is 48.7 Å². The molecule has 0 radical (unpaired) electrons. The van der Waals surface area contributed by atoms with Gasteiger partial charge in [0.25, 0.3) is 0 Å². The van der Waals surface area contributed by atoms with E-state index in [4.69, 9.17) is 0 Å². The number of ketones is 2. The van der Waals surface area contributed by atoms with E-state index < -0.39 is 26.9 Å². The Morgan fingerprint density at radius 3 is 2.39 bits per heavy atom. The second-order valence-electron chi connectivity index (χ2n) is 14.1. The van der Waals surface area contributed by atoms with Crippen molar-refractivity contribution in [1.29, 1.82) is 0 Å². The van der Waals surface area contributed by atoms with Gasteiger partial charge < -0.3 is 15.0 Å². The lowest BCUT2D eigenvalue weighted by molar-refractivity contribution is -0.124. The minimum atomic E-state index is -3.70. The fourth-order valence-electron chi connectivity index (χ4n) is 6.64. The largest absolute Gasteiger partial charge is 0.391 e. The van der Waals surface area contributed by atoms with Crippen LogP contribution in [0.25, 0.3) is 10.9 Å². The number of hydrogen-bond donors (Lipinski definition) is 2. The predicted molar refractivity (Wildman–Crippen MR) is 187 cm³/mol. The van der Waals surface area contributed by atoms with Gasteiger partial charge in [0.05, 0.1) is 23.3 Å². The number of rotatable bonds is 16. The fourth-order valence-corrected chi connectivity index (χ4v) is 8.08. The maximum absolute atomic E-state index is 14.1. The van der Waals surface area contributed by atoms with Crippen molar-refractivity contribution in [2.75, 3.05) is 17.9 Å². The smallest absolute Gasteiger partial charge is 0.241 e. The molecule has 0 saturated heterocycles. The van der Waals surface area contributed by atoms with Crippen molar-refractivity contribution in [3.05, 3.63) is 65.4 Å². The van der Waals surface area contributed by atoms with Crippen LogP contribution in [0.1, 0.15) is 95.1 Å². The molecule has 0 saturated carbocycles. The highest BCUT2D eigenvalue weighted by molar-refractivity contribution is 7.94. The van der Waals surface area contributed by atoms with E-state index in [1.54, 1.807) is 27.0 Å². The van der Waals surface area contributed by atoms with E-state index in [9.17, 15) is 23.1 Å². The molecule has 1 aromatic heterocycles. The number of benzene rings is 2. The van der Waals surface area contributed by atoms with Crippen molar-refractivity contribution in [3.63, 3.8) is 0 Å². The molecule has 46 heavy (non-hydrogen) atoms. The van der Waals surface area contributed by atoms with Gasteiger partial charge in [-0.2, -0.15) is 0 Å². The third kappa shape index (κ3) is 7.75. The quantitative estimate of drug-likeness (QED) is 0.176. The van der Waals surface area contributed by atoms with Gasteiger partial charge in [-0.1, -0.05) is 64.4 Å². The minimum Gasteiger partial charge on any atom is -0.391 e. The molecule has 0 bridgehead atoms. The first kappa shape index (κ1) is 35.8. The van der Waals surface area contributed by atoms with E-state index in [2.05, 4.69) is 26.1 Å². The molecule has 8 nitrogen and oxygen atoms in total. The third-order valence-electron chi connectivity index (χ3n) is 9.44. The number of aryl methyl sites for hydroxylation is 1. The molecule has 4 rings (SSSR count). The number of aromatic nitrogens is 1. The van der Waals surface area contributed by atoms with E-state index in [0.29, 0.717) is 49.5 Å². The summed E-state index contributed by atoms with van der Waals surface area (Å²) in [6, 6.07) is 12.9. The molecule has 2 heterocycles. The van der Waals surface area contributed by atoms with E-state index in [0.717, 1.165) is 41.3 Å². The van der Waals surface area contributed by atoms with Gasteiger partial charge in [-0.15, -0.1) is 0 Å². The molecule has 0 aliphatic carbocycles. The van der Waals surface area contributed by atoms with Crippen LogP contribution in [0.4, 0.5) is 5.69 Å². The van der Waals surface area contributed by atoms with Crippen molar-refractivity contribution in [3.8, 4) is 0 Å². The number of carbonyl (C=O) groups is 2. The van der Waals surface area contributed by atoms with Crippen LogP contribution in [0.2, 0.25) is 0 Å². The van der Waals surface area contributed by atoms with Crippen LogP contribution in [0, 0.1) is 11.8 Å². The van der Waals surface area contributed by atoms with Crippen LogP contribution in [0.5, 0.6) is 0 Å². The third-order valence-corrected chi connectivity index (χ3v) is 11.9. The van der Waals surface area contributed by atoms with Crippen molar-refractivity contribution in [1.82, 2.24) is 9.88 Å². The van der Waals surface area contributed by atoms with Crippen molar-refractivity contribution < 1.29 is 23.1 Å². The molecule has 2 aromatic carbocycles. The molecule has 0 amide bonds. The Hall–Kier alpha value is -3.01. The van der Waals surface area contributed by atoms with Gasteiger partial charge in [-0.3, -0.25) is 13.9 Å². The zero-order valence-electron chi connectivity index (χ0n) is 28.7. The molecule has 3 atom stereocenters. The highest BCUT2D eigenvalue weighted by atomic mass is 32.2. The number of nitrogens with one attached hydrogen (secondary N) is 1. The topological polar surface area (TPSA) is 109 Å².